The van der Waals surface area contributed by atoms with Crippen LogP contribution in [0.5, 0.6) is 0 Å². The number of aromatic nitrogens is 2. The minimum atomic E-state index is -4.59. The van der Waals surface area contributed by atoms with Gasteiger partial charge >= 0.3 is 6.18 Å². The smallest absolute Gasteiger partial charge is 0.354 e. The van der Waals surface area contributed by atoms with E-state index in [0.717, 1.165) is 0 Å². The van der Waals surface area contributed by atoms with E-state index >= 15 is 0 Å². The highest BCUT2D eigenvalue weighted by atomic mass is 32.2. The summed E-state index contributed by atoms with van der Waals surface area (Å²) in [5.74, 6) is 4.21. The molecule has 9 heteroatoms. The van der Waals surface area contributed by atoms with Gasteiger partial charge in [0.15, 0.2) is 0 Å². The molecule has 0 saturated carbocycles. The molecule has 5 nitrogen and oxygen atoms in total. The van der Waals surface area contributed by atoms with Crippen LogP contribution in [-0.4, -0.2) is 33.6 Å². The molecule has 2 rings (SSSR count). The van der Waals surface area contributed by atoms with Gasteiger partial charge in [0.2, 0.25) is 5.82 Å². The quantitative estimate of drug-likeness (QED) is 0.644. The lowest BCUT2D eigenvalue weighted by molar-refractivity contribution is -0.144. The monoisotopic (exact) mass is 307 g/mol. The van der Waals surface area contributed by atoms with Crippen molar-refractivity contribution in [3.8, 4) is 0 Å². The summed E-state index contributed by atoms with van der Waals surface area (Å²) in [5, 5.41) is 0.662. The second kappa shape index (κ2) is 5.65. The standard InChI is InChI=1S/C11H16F3N5S/c1-6-4-19(5-7(2)20-6)9-3-8(18-15)16-10(17-9)11(12,13)14/h3,6-7H,4-5,15H2,1-2H3,(H,16,17,18). The summed E-state index contributed by atoms with van der Waals surface area (Å²) in [4.78, 5) is 8.82. The highest BCUT2D eigenvalue weighted by Gasteiger charge is 2.36. The number of hydrogen-bond acceptors (Lipinski definition) is 6. The largest absolute Gasteiger partial charge is 0.451 e. The van der Waals surface area contributed by atoms with Crippen molar-refractivity contribution < 1.29 is 13.2 Å². The maximum absolute atomic E-state index is 12.8. The maximum Gasteiger partial charge on any atom is 0.451 e. The summed E-state index contributed by atoms with van der Waals surface area (Å²) in [6.07, 6.45) is -4.59. The first-order valence-electron chi connectivity index (χ1n) is 6.13. The average molecular weight is 307 g/mol. The van der Waals surface area contributed by atoms with E-state index in [9.17, 15) is 13.2 Å². The fraction of sp³-hybridized carbons (Fsp3) is 0.636. The lowest BCUT2D eigenvalue weighted by atomic mass is 10.3. The van der Waals surface area contributed by atoms with E-state index in [4.69, 9.17) is 5.84 Å². The Bertz CT molecular complexity index is 472. The van der Waals surface area contributed by atoms with Crippen LogP contribution in [0.15, 0.2) is 6.07 Å². The maximum atomic E-state index is 12.8. The van der Waals surface area contributed by atoms with Crippen LogP contribution in [0.3, 0.4) is 0 Å². The molecule has 0 radical (unpaired) electrons. The topological polar surface area (TPSA) is 67.1 Å². The van der Waals surface area contributed by atoms with Crippen LogP contribution in [0.1, 0.15) is 19.7 Å². The molecule has 0 bridgehead atoms. The van der Waals surface area contributed by atoms with Crippen LogP contribution in [-0.2, 0) is 6.18 Å². The Morgan fingerprint density at radius 1 is 1.30 bits per heavy atom. The summed E-state index contributed by atoms with van der Waals surface area (Å²) in [5.41, 5.74) is 2.16. The summed E-state index contributed by atoms with van der Waals surface area (Å²) in [6.45, 7) is 5.38. The zero-order chi connectivity index (χ0) is 14.9. The first-order chi connectivity index (χ1) is 9.29. The number of nitrogens with two attached hydrogens (primary N) is 1. The SMILES string of the molecule is CC1CN(c2cc(NN)nc(C(F)(F)F)n2)CC(C)S1. The van der Waals surface area contributed by atoms with Gasteiger partial charge < -0.3 is 10.3 Å². The van der Waals surface area contributed by atoms with Gasteiger partial charge in [0.05, 0.1) is 0 Å². The molecule has 1 fully saturated rings. The van der Waals surface area contributed by atoms with Crippen molar-refractivity contribution in [2.75, 3.05) is 23.4 Å². The molecule has 112 valence electrons. The van der Waals surface area contributed by atoms with Crippen LogP contribution in [0.2, 0.25) is 0 Å². The van der Waals surface area contributed by atoms with E-state index in [1.165, 1.54) is 6.07 Å². The summed E-state index contributed by atoms with van der Waals surface area (Å²) >= 11 is 1.81. The lowest BCUT2D eigenvalue weighted by Gasteiger charge is -2.35. The van der Waals surface area contributed by atoms with Crippen molar-refractivity contribution in [3.05, 3.63) is 11.9 Å². The van der Waals surface area contributed by atoms with Crippen molar-refractivity contribution in [2.24, 2.45) is 5.84 Å². The number of hydrazine groups is 1. The Morgan fingerprint density at radius 3 is 2.40 bits per heavy atom. The molecule has 2 atom stereocenters. The summed E-state index contributed by atoms with van der Waals surface area (Å²) in [7, 11) is 0. The molecule has 1 aromatic rings. The van der Waals surface area contributed by atoms with Crippen molar-refractivity contribution in [2.45, 2.75) is 30.5 Å². The first-order valence-corrected chi connectivity index (χ1v) is 7.07. The van der Waals surface area contributed by atoms with Gasteiger partial charge in [-0.15, -0.1) is 0 Å². The van der Waals surface area contributed by atoms with E-state index in [-0.39, 0.29) is 11.6 Å². The van der Waals surface area contributed by atoms with Crippen molar-refractivity contribution in [1.29, 1.82) is 0 Å². The van der Waals surface area contributed by atoms with Crippen LogP contribution >= 0.6 is 11.8 Å². The molecule has 0 amide bonds. The zero-order valence-electron chi connectivity index (χ0n) is 11.1. The Hall–Kier alpha value is -1.22. The molecule has 20 heavy (non-hydrogen) atoms. The third-order valence-corrected chi connectivity index (χ3v) is 4.09. The Balaban J connectivity index is 2.35. The number of alkyl halides is 3. The second-order valence-electron chi connectivity index (χ2n) is 4.74. The van der Waals surface area contributed by atoms with Crippen LogP contribution < -0.4 is 16.2 Å². The number of nitrogens with one attached hydrogen (secondary N) is 1. The Kier molecular flexibility index (Phi) is 4.28. The fourth-order valence-electron chi connectivity index (χ4n) is 2.16. The third-order valence-electron chi connectivity index (χ3n) is 2.86. The van der Waals surface area contributed by atoms with Crippen LogP contribution in [0.25, 0.3) is 0 Å². The molecule has 0 aliphatic carbocycles. The normalized spacial score (nSPS) is 23.8. The predicted octanol–water partition coefficient (Wildman–Crippen LogP) is 2.11. The summed E-state index contributed by atoms with van der Waals surface area (Å²) < 4.78 is 38.4. The molecular formula is C11H16F3N5S. The molecule has 3 N–H and O–H groups in total. The molecule has 0 spiro atoms. The van der Waals surface area contributed by atoms with Gasteiger partial charge in [0, 0.05) is 29.7 Å². The lowest BCUT2D eigenvalue weighted by Crippen LogP contribution is -2.41. The number of hydrogen-bond donors (Lipinski definition) is 2. The zero-order valence-corrected chi connectivity index (χ0v) is 11.9. The minimum absolute atomic E-state index is 0.0409. The van der Waals surface area contributed by atoms with Gasteiger partial charge in [0.25, 0.3) is 0 Å². The predicted molar refractivity (Wildman–Crippen MR) is 73.6 cm³/mol. The molecular weight excluding hydrogens is 291 g/mol. The van der Waals surface area contributed by atoms with Gasteiger partial charge in [-0.1, -0.05) is 13.8 Å². The number of nitrogen functional groups attached to an aromatic ring is 1. The van der Waals surface area contributed by atoms with Gasteiger partial charge in [-0.25, -0.2) is 15.8 Å². The van der Waals surface area contributed by atoms with Crippen molar-refractivity contribution >= 4 is 23.4 Å². The molecule has 0 aromatic carbocycles. The minimum Gasteiger partial charge on any atom is -0.354 e. The van der Waals surface area contributed by atoms with Gasteiger partial charge in [-0.2, -0.15) is 24.9 Å². The molecule has 1 aliphatic rings. The van der Waals surface area contributed by atoms with Crippen LogP contribution in [0, 0.1) is 0 Å². The van der Waals surface area contributed by atoms with E-state index in [2.05, 4.69) is 15.4 Å². The van der Waals surface area contributed by atoms with Crippen molar-refractivity contribution in [1.82, 2.24) is 9.97 Å². The Labute approximate surface area is 119 Å². The van der Waals surface area contributed by atoms with Gasteiger partial charge in [-0.05, 0) is 0 Å². The second-order valence-corrected chi connectivity index (χ2v) is 6.62. The van der Waals surface area contributed by atoms with E-state index in [0.29, 0.717) is 23.6 Å². The van der Waals surface area contributed by atoms with Gasteiger partial charge in [-0.3, -0.25) is 0 Å². The third kappa shape index (κ3) is 3.45. The van der Waals surface area contributed by atoms with Crippen molar-refractivity contribution in [3.63, 3.8) is 0 Å². The number of nitrogens with zero attached hydrogens (tertiary/aromatic N) is 3. The number of rotatable bonds is 2. The van der Waals surface area contributed by atoms with E-state index < -0.39 is 12.0 Å². The molecule has 1 aromatic heterocycles. The Morgan fingerprint density at radius 2 is 1.90 bits per heavy atom. The average Bonchev–Trinajstić information content (AvgIpc) is 2.36. The molecule has 1 aliphatic heterocycles. The molecule has 2 heterocycles. The first kappa shape index (κ1) is 15.2. The highest BCUT2D eigenvalue weighted by molar-refractivity contribution is 8.00. The number of anilines is 2. The highest BCUT2D eigenvalue weighted by Crippen LogP contribution is 2.32. The number of halogens is 3. The molecule has 2 unspecified atom stereocenters. The van der Waals surface area contributed by atoms with E-state index in [1.807, 2.05) is 30.5 Å². The molecule has 1 saturated heterocycles. The van der Waals surface area contributed by atoms with Gasteiger partial charge in [0.1, 0.15) is 11.6 Å². The number of thioether (sulfide) groups is 1. The van der Waals surface area contributed by atoms with Crippen LogP contribution in [0.4, 0.5) is 24.8 Å². The fourth-order valence-corrected chi connectivity index (χ4v) is 3.49. The van der Waals surface area contributed by atoms with E-state index in [1.54, 1.807) is 0 Å². The summed E-state index contributed by atoms with van der Waals surface area (Å²) in [6, 6.07) is 1.44.